The number of fused-ring (bicyclic) bond motifs is 5. The lowest BCUT2D eigenvalue weighted by atomic mass is 9.82. The number of nitro benzene ring substituents is 1. The van der Waals surface area contributed by atoms with Gasteiger partial charge in [-0.3, -0.25) is 19.7 Å². The number of nitrogens with one attached hydrogen (secondary N) is 3. The van der Waals surface area contributed by atoms with Crippen molar-refractivity contribution in [3.63, 3.8) is 0 Å². The second kappa shape index (κ2) is 10.3. The monoisotopic (exact) mass is 611 g/mol. The van der Waals surface area contributed by atoms with Crippen molar-refractivity contribution in [2.75, 3.05) is 27.2 Å². The van der Waals surface area contributed by atoms with Gasteiger partial charge in [0.2, 0.25) is 11.3 Å². The van der Waals surface area contributed by atoms with Gasteiger partial charge in [-0.1, -0.05) is 38.1 Å². The number of nitro groups is 1. The van der Waals surface area contributed by atoms with Gasteiger partial charge in [0.1, 0.15) is 17.0 Å². The smallest absolute Gasteiger partial charge is 0.280 e. The number of rotatable bonds is 9. The maximum atomic E-state index is 14.2. The van der Waals surface area contributed by atoms with Gasteiger partial charge in [-0.25, -0.2) is 13.1 Å². The normalized spacial score (nSPS) is 20.6. The predicted octanol–water partition coefficient (Wildman–Crippen LogP) is 2.56. The van der Waals surface area contributed by atoms with Crippen LogP contribution in [0.5, 0.6) is 5.75 Å². The van der Waals surface area contributed by atoms with Crippen molar-refractivity contribution < 1.29 is 32.8 Å². The fourth-order valence-corrected chi connectivity index (χ4v) is 7.03. The van der Waals surface area contributed by atoms with Crippen LogP contribution in [0.15, 0.2) is 41.4 Å². The number of aliphatic hydroxyl groups is 1. The van der Waals surface area contributed by atoms with Gasteiger partial charge in [0.05, 0.1) is 4.92 Å². The van der Waals surface area contributed by atoms with Crippen LogP contribution in [0.2, 0.25) is 0 Å². The molecule has 1 aliphatic carbocycles. The number of carbonyl (C=O) groups excluding carboxylic acids is 2. The van der Waals surface area contributed by atoms with E-state index in [2.05, 4.69) is 15.0 Å². The summed E-state index contributed by atoms with van der Waals surface area (Å²) >= 11 is 0. The predicted molar refractivity (Wildman–Crippen MR) is 156 cm³/mol. The minimum Gasteiger partial charge on any atom is -0.454 e. The van der Waals surface area contributed by atoms with Crippen molar-refractivity contribution in [2.45, 2.75) is 50.0 Å². The molecule has 2 unspecified atom stereocenters. The van der Waals surface area contributed by atoms with E-state index in [0.717, 1.165) is 11.6 Å². The number of carbonyl (C=O) groups is 2. The van der Waals surface area contributed by atoms with Crippen molar-refractivity contribution in [1.82, 2.24) is 19.9 Å². The number of hydrogen-bond donors (Lipinski definition) is 4. The van der Waals surface area contributed by atoms with Crippen LogP contribution in [-0.2, 0) is 21.3 Å². The summed E-state index contributed by atoms with van der Waals surface area (Å²) in [5.41, 5.74) is -2.06. The molecule has 1 aliphatic heterocycles. The molecule has 4 N–H and O–H groups in total. The average molecular weight is 612 g/mol. The molecule has 0 saturated heterocycles. The summed E-state index contributed by atoms with van der Waals surface area (Å²) < 4.78 is 34.7. The number of H-pyrrole nitrogens is 1. The highest BCUT2D eigenvalue weighted by Crippen LogP contribution is 2.60. The molecule has 0 bridgehead atoms. The lowest BCUT2D eigenvalue weighted by molar-refractivity contribution is -0.388. The topological polar surface area (TPSA) is 184 Å². The largest absolute Gasteiger partial charge is 0.454 e. The molecular weight excluding hydrogens is 578 g/mol. The van der Waals surface area contributed by atoms with Crippen LogP contribution in [0.25, 0.3) is 0 Å². The standard InChI is InChI=1S/C29H33N5O8S/c1-15(2)18-10-11-20-22(14-18)42-29(37)23-19(8-7-9-21(23)34(38)39)25(35)28(20,29)32-26(36)24-16(3)17(4)27(31-24)43(40,41)30-12-13-33(5)6/h7-11,14-15,30-31,37H,12-13H2,1-6H3,(H,32,36). The second-order valence-corrected chi connectivity index (χ2v) is 13.1. The zero-order valence-electron chi connectivity index (χ0n) is 24.6. The van der Waals surface area contributed by atoms with Crippen molar-refractivity contribution in [1.29, 1.82) is 0 Å². The van der Waals surface area contributed by atoms with Crippen molar-refractivity contribution >= 4 is 27.4 Å². The molecule has 0 spiro atoms. The van der Waals surface area contributed by atoms with Crippen LogP contribution in [0.4, 0.5) is 5.69 Å². The summed E-state index contributed by atoms with van der Waals surface area (Å²) in [5.74, 6) is -4.27. The van der Waals surface area contributed by atoms with Gasteiger partial charge in [-0.15, -0.1) is 0 Å². The Morgan fingerprint density at radius 2 is 1.88 bits per heavy atom. The maximum Gasteiger partial charge on any atom is 0.280 e. The fourth-order valence-electron chi connectivity index (χ4n) is 5.74. The first kappa shape index (κ1) is 30.4. The third kappa shape index (κ3) is 4.44. The second-order valence-electron chi connectivity index (χ2n) is 11.4. The Morgan fingerprint density at radius 3 is 2.51 bits per heavy atom. The van der Waals surface area contributed by atoms with E-state index in [-0.39, 0.29) is 51.2 Å². The number of hydrogen-bond acceptors (Lipinski definition) is 9. The molecule has 43 heavy (non-hydrogen) atoms. The first-order valence-electron chi connectivity index (χ1n) is 13.6. The van der Waals surface area contributed by atoms with Gasteiger partial charge in [-0.05, 0) is 56.6 Å². The number of sulfonamides is 1. The minimum atomic E-state index is -4.04. The van der Waals surface area contributed by atoms with Crippen LogP contribution in [-0.4, -0.2) is 67.2 Å². The number of aromatic amines is 1. The molecule has 5 rings (SSSR count). The zero-order chi connectivity index (χ0) is 31.6. The van der Waals surface area contributed by atoms with E-state index in [9.17, 15) is 33.2 Å². The van der Waals surface area contributed by atoms with E-state index in [4.69, 9.17) is 4.74 Å². The zero-order valence-corrected chi connectivity index (χ0v) is 25.4. The van der Waals surface area contributed by atoms with Gasteiger partial charge in [0.15, 0.2) is 5.03 Å². The Balaban J connectivity index is 1.64. The fraction of sp³-hybridized carbons (Fsp3) is 0.379. The number of Topliss-reactive ketones (excluding diaryl/α,β-unsaturated/α-hetero) is 1. The van der Waals surface area contributed by atoms with Crippen LogP contribution in [0.3, 0.4) is 0 Å². The molecule has 0 radical (unpaired) electrons. The Morgan fingerprint density at radius 1 is 1.19 bits per heavy atom. The van der Waals surface area contributed by atoms with Gasteiger partial charge in [0.25, 0.3) is 27.4 Å². The Hall–Kier alpha value is -4.11. The number of amides is 1. The van der Waals surface area contributed by atoms with E-state index in [0.29, 0.717) is 12.1 Å². The first-order valence-corrected chi connectivity index (χ1v) is 15.1. The van der Waals surface area contributed by atoms with Gasteiger partial charge >= 0.3 is 0 Å². The molecule has 14 heteroatoms. The number of ether oxygens (including phenoxy) is 1. The van der Waals surface area contributed by atoms with E-state index in [1.54, 1.807) is 51.0 Å². The number of likely N-dealkylation sites (N-methyl/N-ethyl adjacent to an activating group) is 1. The summed E-state index contributed by atoms with van der Waals surface area (Å²) in [6, 6.07) is 8.69. The van der Waals surface area contributed by atoms with Crippen LogP contribution in [0.1, 0.15) is 68.4 Å². The van der Waals surface area contributed by atoms with E-state index < -0.39 is 43.7 Å². The molecule has 3 aromatic rings. The maximum absolute atomic E-state index is 14.2. The molecule has 2 aromatic carbocycles. The van der Waals surface area contributed by atoms with Gasteiger partial charge in [-0.2, -0.15) is 0 Å². The van der Waals surface area contributed by atoms with Gasteiger partial charge in [0, 0.05) is 30.3 Å². The molecule has 2 atom stereocenters. The van der Waals surface area contributed by atoms with E-state index in [1.165, 1.54) is 12.1 Å². The van der Waals surface area contributed by atoms with Crippen molar-refractivity contribution in [3.05, 3.63) is 85.6 Å². The summed E-state index contributed by atoms with van der Waals surface area (Å²) in [7, 11) is -0.442. The number of nitrogens with zero attached hydrogens (tertiary/aromatic N) is 2. The molecule has 1 amide bonds. The quantitative estimate of drug-likeness (QED) is 0.209. The molecule has 0 fully saturated rings. The first-order chi connectivity index (χ1) is 20.1. The summed E-state index contributed by atoms with van der Waals surface area (Å²) in [4.78, 5) is 44.0. The van der Waals surface area contributed by atoms with Crippen molar-refractivity contribution in [2.24, 2.45) is 0 Å². The lowest BCUT2D eigenvalue weighted by Gasteiger charge is -2.34. The number of aromatic nitrogens is 1. The molecule has 13 nitrogen and oxygen atoms in total. The molecule has 0 saturated carbocycles. The summed E-state index contributed by atoms with van der Waals surface area (Å²) in [6.07, 6.45) is 0. The van der Waals surface area contributed by atoms with Crippen LogP contribution < -0.4 is 14.8 Å². The van der Waals surface area contributed by atoms with Crippen LogP contribution in [0, 0.1) is 24.0 Å². The minimum absolute atomic E-state index is 0.0445. The molecule has 2 heterocycles. The van der Waals surface area contributed by atoms with Crippen molar-refractivity contribution in [3.8, 4) is 5.75 Å². The molecule has 2 aliphatic rings. The third-order valence-electron chi connectivity index (χ3n) is 8.17. The van der Waals surface area contributed by atoms with E-state index in [1.807, 2.05) is 13.8 Å². The number of ketones is 1. The number of benzene rings is 2. The Kier molecular flexibility index (Phi) is 7.24. The summed E-state index contributed by atoms with van der Waals surface area (Å²) in [6.45, 7) is 7.53. The van der Waals surface area contributed by atoms with Gasteiger partial charge < -0.3 is 25.0 Å². The third-order valence-corrected chi connectivity index (χ3v) is 9.70. The lowest BCUT2D eigenvalue weighted by Crippen LogP contribution is -2.60. The SMILES string of the molecule is Cc1c(C(=O)NC23C(=O)c4cccc([N+](=O)[O-])c4C2(O)Oc2cc(C(C)C)ccc23)[nH]c(S(=O)(=O)NCCN(C)C)c1C. The van der Waals surface area contributed by atoms with E-state index >= 15 is 0 Å². The summed E-state index contributed by atoms with van der Waals surface area (Å²) in [5, 5.41) is 26.6. The Labute approximate surface area is 248 Å². The highest BCUT2D eigenvalue weighted by molar-refractivity contribution is 7.89. The highest BCUT2D eigenvalue weighted by atomic mass is 32.2. The molecule has 228 valence electrons. The average Bonchev–Trinajstić information content (AvgIpc) is 3.44. The molecule has 1 aromatic heterocycles. The molecular formula is C29H33N5O8S. The highest BCUT2D eigenvalue weighted by Gasteiger charge is 2.73. The Bertz CT molecular complexity index is 1800. The van der Waals surface area contributed by atoms with Crippen LogP contribution >= 0.6 is 0 Å².